The topological polar surface area (TPSA) is 65.1 Å². The minimum absolute atomic E-state index is 0.00368. The standard InChI is InChI=1S/C16H22N2O2S/c1-11-3-4-14-12(9-17-15(14)7-11)8-16(20)18-13(5-6-19)10-21-2/h3-4,7,9,13,17,19H,5-6,8,10H2,1-2H3,(H,18,20). The molecular formula is C16H22N2O2S. The minimum Gasteiger partial charge on any atom is -0.396 e. The van der Waals surface area contributed by atoms with Crippen molar-refractivity contribution in [1.29, 1.82) is 0 Å². The largest absolute Gasteiger partial charge is 0.396 e. The van der Waals surface area contributed by atoms with Crippen molar-refractivity contribution >= 4 is 28.6 Å². The third-order valence-electron chi connectivity index (χ3n) is 3.48. The predicted molar refractivity (Wildman–Crippen MR) is 88.8 cm³/mol. The smallest absolute Gasteiger partial charge is 0.224 e. The van der Waals surface area contributed by atoms with Crippen LogP contribution in [0.5, 0.6) is 0 Å². The lowest BCUT2D eigenvalue weighted by Gasteiger charge is -2.16. The molecule has 0 aliphatic rings. The number of benzene rings is 1. The zero-order chi connectivity index (χ0) is 15.2. The number of fused-ring (bicyclic) bond motifs is 1. The summed E-state index contributed by atoms with van der Waals surface area (Å²) in [5.74, 6) is 0.823. The van der Waals surface area contributed by atoms with Crippen molar-refractivity contribution in [3.63, 3.8) is 0 Å². The third-order valence-corrected chi connectivity index (χ3v) is 4.22. The van der Waals surface area contributed by atoms with E-state index in [0.717, 1.165) is 22.2 Å². The van der Waals surface area contributed by atoms with Gasteiger partial charge in [-0.25, -0.2) is 0 Å². The van der Waals surface area contributed by atoms with Gasteiger partial charge in [0, 0.05) is 35.5 Å². The number of H-pyrrole nitrogens is 1. The second kappa shape index (κ2) is 7.52. The van der Waals surface area contributed by atoms with Crippen molar-refractivity contribution in [2.24, 2.45) is 0 Å². The summed E-state index contributed by atoms with van der Waals surface area (Å²) in [4.78, 5) is 15.4. The highest BCUT2D eigenvalue weighted by Gasteiger charge is 2.13. The number of carbonyl (C=O) groups is 1. The molecule has 0 bridgehead atoms. The van der Waals surface area contributed by atoms with Gasteiger partial charge >= 0.3 is 0 Å². The van der Waals surface area contributed by atoms with E-state index in [1.165, 1.54) is 5.56 Å². The summed E-state index contributed by atoms with van der Waals surface area (Å²) in [6.07, 6.45) is 4.86. The van der Waals surface area contributed by atoms with Crippen LogP contribution < -0.4 is 5.32 Å². The number of hydrogen-bond donors (Lipinski definition) is 3. The molecule has 2 aromatic rings. The van der Waals surface area contributed by atoms with Gasteiger partial charge in [-0.3, -0.25) is 4.79 Å². The van der Waals surface area contributed by atoms with Crippen LogP contribution in [0.1, 0.15) is 17.5 Å². The maximum absolute atomic E-state index is 12.2. The number of aliphatic hydroxyl groups is 1. The Bertz CT molecular complexity index is 603. The van der Waals surface area contributed by atoms with Gasteiger partial charge in [0.25, 0.3) is 0 Å². The predicted octanol–water partition coefficient (Wildman–Crippen LogP) is 2.25. The molecule has 0 aliphatic heterocycles. The van der Waals surface area contributed by atoms with Crippen LogP contribution in [-0.2, 0) is 11.2 Å². The summed E-state index contributed by atoms with van der Waals surface area (Å²) in [5.41, 5.74) is 3.27. The van der Waals surface area contributed by atoms with E-state index in [2.05, 4.69) is 35.4 Å². The van der Waals surface area contributed by atoms with Gasteiger partial charge in [0.1, 0.15) is 0 Å². The van der Waals surface area contributed by atoms with Crippen molar-refractivity contribution in [3.05, 3.63) is 35.5 Å². The van der Waals surface area contributed by atoms with Crippen molar-refractivity contribution in [1.82, 2.24) is 10.3 Å². The normalized spacial score (nSPS) is 12.5. The molecule has 1 unspecified atom stereocenters. The van der Waals surface area contributed by atoms with Crippen LogP contribution in [0.4, 0.5) is 0 Å². The number of aryl methyl sites for hydroxylation is 1. The molecule has 1 heterocycles. The molecule has 0 radical (unpaired) electrons. The summed E-state index contributed by atoms with van der Waals surface area (Å²) < 4.78 is 0. The van der Waals surface area contributed by atoms with E-state index in [1.807, 2.05) is 12.5 Å². The van der Waals surface area contributed by atoms with E-state index in [0.29, 0.717) is 12.8 Å². The zero-order valence-corrected chi connectivity index (χ0v) is 13.3. The van der Waals surface area contributed by atoms with E-state index in [9.17, 15) is 4.79 Å². The molecule has 1 aromatic carbocycles. The molecule has 0 saturated heterocycles. The van der Waals surface area contributed by atoms with Gasteiger partial charge in [0.15, 0.2) is 0 Å². The number of nitrogens with one attached hydrogen (secondary N) is 2. The van der Waals surface area contributed by atoms with Gasteiger partial charge in [-0.05, 0) is 36.8 Å². The Morgan fingerprint density at radius 2 is 2.29 bits per heavy atom. The number of thioether (sulfide) groups is 1. The van der Waals surface area contributed by atoms with Crippen LogP contribution in [0.2, 0.25) is 0 Å². The first-order valence-corrected chi connectivity index (χ1v) is 8.49. The fourth-order valence-corrected chi connectivity index (χ4v) is 3.10. The Labute approximate surface area is 129 Å². The second-order valence-electron chi connectivity index (χ2n) is 5.27. The molecule has 4 nitrogen and oxygen atoms in total. The van der Waals surface area contributed by atoms with E-state index < -0.39 is 0 Å². The van der Waals surface area contributed by atoms with Crippen LogP contribution in [0, 0.1) is 6.92 Å². The first-order valence-electron chi connectivity index (χ1n) is 7.09. The molecular weight excluding hydrogens is 284 g/mol. The Balaban J connectivity index is 2.03. The molecule has 3 N–H and O–H groups in total. The molecule has 1 aromatic heterocycles. The van der Waals surface area contributed by atoms with Gasteiger partial charge in [-0.2, -0.15) is 11.8 Å². The first kappa shape index (κ1) is 15.9. The van der Waals surface area contributed by atoms with Gasteiger partial charge < -0.3 is 15.4 Å². The van der Waals surface area contributed by atoms with E-state index in [-0.39, 0.29) is 18.6 Å². The fourth-order valence-electron chi connectivity index (χ4n) is 2.45. The molecule has 0 fully saturated rings. The molecule has 21 heavy (non-hydrogen) atoms. The van der Waals surface area contributed by atoms with Crippen molar-refractivity contribution in [2.75, 3.05) is 18.6 Å². The number of aliphatic hydroxyl groups excluding tert-OH is 1. The Morgan fingerprint density at radius 1 is 1.48 bits per heavy atom. The molecule has 5 heteroatoms. The number of aromatic nitrogens is 1. The molecule has 0 aliphatic carbocycles. The maximum atomic E-state index is 12.2. The van der Waals surface area contributed by atoms with Gasteiger partial charge in [-0.15, -0.1) is 0 Å². The summed E-state index contributed by atoms with van der Waals surface area (Å²) >= 11 is 1.67. The van der Waals surface area contributed by atoms with Crippen LogP contribution in [-0.4, -0.2) is 40.7 Å². The summed E-state index contributed by atoms with van der Waals surface area (Å²) in [5, 5.41) is 13.1. The monoisotopic (exact) mass is 306 g/mol. The minimum atomic E-state index is 0.00368. The average Bonchev–Trinajstić information content (AvgIpc) is 2.81. The average molecular weight is 306 g/mol. The fraction of sp³-hybridized carbons (Fsp3) is 0.438. The molecule has 2 rings (SSSR count). The maximum Gasteiger partial charge on any atom is 0.224 e. The van der Waals surface area contributed by atoms with Crippen LogP contribution in [0.15, 0.2) is 24.4 Å². The molecule has 114 valence electrons. The number of rotatable bonds is 7. The van der Waals surface area contributed by atoms with Crippen LogP contribution >= 0.6 is 11.8 Å². The van der Waals surface area contributed by atoms with Crippen molar-refractivity contribution in [3.8, 4) is 0 Å². The number of carbonyl (C=O) groups excluding carboxylic acids is 1. The molecule has 0 saturated carbocycles. The van der Waals surface area contributed by atoms with Crippen LogP contribution in [0.3, 0.4) is 0 Å². The van der Waals surface area contributed by atoms with E-state index in [1.54, 1.807) is 11.8 Å². The number of aromatic amines is 1. The third kappa shape index (κ3) is 4.25. The lowest BCUT2D eigenvalue weighted by Crippen LogP contribution is -2.38. The highest BCUT2D eigenvalue weighted by atomic mass is 32.2. The van der Waals surface area contributed by atoms with Gasteiger partial charge in [0.2, 0.25) is 5.91 Å². The van der Waals surface area contributed by atoms with Gasteiger partial charge in [-0.1, -0.05) is 12.1 Å². The highest BCUT2D eigenvalue weighted by Crippen LogP contribution is 2.20. The SMILES string of the molecule is CSCC(CCO)NC(=O)Cc1c[nH]c2cc(C)ccc12. The zero-order valence-electron chi connectivity index (χ0n) is 12.5. The Kier molecular flexibility index (Phi) is 5.70. The number of hydrogen-bond acceptors (Lipinski definition) is 3. The molecule has 0 spiro atoms. The summed E-state index contributed by atoms with van der Waals surface area (Å²) in [6, 6.07) is 6.22. The first-order chi connectivity index (χ1) is 10.1. The van der Waals surface area contributed by atoms with E-state index >= 15 is 0 Å². The highest BCUT2D eigenvalue weighted by molar-refractivity contribution is 7.98. The van der Waals surface area contributed by atoms with Crippen molar-refractivity contribution < 1.29 is 9.90 Å². The lowest BCUT2D eigenvalue weighted by molar-refractivity contribution is -0.121. The van der Waals surface area contributed by atoms with E-state index in [4.69, 9.17) is 5.11 Å². The Hall–Kier alpha value is -1.46. The lowest BCUT2D eigenvalue weighted by atomic mass is 10.1. The molecule has 1 atom stereocenters. The quantitative estimate of drug-likeness (QED) is 0.735. The number of amides is 1. The van der Waals surface area contributed by atoms with Crippen LogP contribution in [0.25, 0.3) is 10.9 Å². The second-order valence-corrected chi connectivity index (χ2v) is 6.18. The Morgan fingerprint density at radius 3 is 3.00 bits per heavy atom. The summed E-state index contributed by atoms with van der Waals surface area (Å²) in [6.45, 7) is 2.15. The van der Waals surface area contributed by atoms with Crippen molar-refractivity contribution in [2.45, 2.75) is 25.8 Å². The van der Waals surface area contributed by atoms with Gasteiger partial charge in [0.05, 0.1) is 6.42 Å². The summed E-state index contributed by atoms with van der Waals surface area (Å²) in [7, 11) is 0. The molecule has 1 amide bonds.